The number of amides is 1. The molecule has 0 aliphatic rings. The van der Waals surface area contributed by atoms with E-state index in [1.54, 1.807) is 26.2 Å². The molecule has 0 saturated carbocycles. The number of hydrogen-bond donors (Lipinski definition) is 1. The Bertz CT molecular complexity index is 1190. The topological polar surface area (TPSA) is 87.2 Å². The van der Waals surface area contributed by atoms with Crippen LogP contribution in [0.3, 0.4) is 0 Å². The van der Waals surface area contributed by atoms with Crippen LogP contribution in [0.2, 0.25) is 0 Å². The van der Waals surface area contributed by atoms with Crippen molar-refractivity contribution in [2.45, 2.75) is 32.2 Å². The van der Waals surface area contributed by atoms with Gasteiger partial charge in [0.1, 0.15) is 6.04 Å². The van der Waals surface area contributed by atoms with Gasteiger partial charge in [-0.1, -0.05) is 66.2 Å². The van der Waals surface area contributed by atoms with Crippen molar-refractivity contribution in [3.8, 4) is 11.1 Å². The molecule has 0 saturated heterocycles. The molecule has 3 aromatic carbocycles. The Balaban J connectivity index is 1.80. The van der Waals surface area contributed by atoms with E-state index in [-0.39, 0.29) is 18.3 Å². The van der Waals surface area contributed by atoms with Crippen LogP contribution in [-0.4, -0.2) is 52.8 Å². The maximum absolute atomic E-state index is 13.1. The molecule has 0 heterocycles. The lowest BCUT2D eigenvalue weighted by atomic mass is 9.98. The van der Waals surface area contributed by atoms with E-state index in [1.807, 2.05) is 67.6 Å². The predicted octanol–water partition coefficient (Wildman–Crippen LogP) is 4.41. The Morgan fingerprint density at radius 3 is 1.89 bits per heavy atom. The van der Waals surface area contributed by atoms with E-state index in [0.29, 0.717) is 18.5 Å². The largest absolute Gasteiger partial charge is 0.469 e. The fraction of sp³-hybridized carbons (Fsp3) is 0.286. The van der Waals surface area contributed by atoms with Crippen LogP contribution in [0.5, 0.6) is 0 Å². The lowest BCUT2D eigenvalue weighted by Gasteiger charge is -2.31. The first-order chi connectivity index (χ1) is 17.2. The predicted molar refractivity (Wildman–Crippen MR) is 143 cm³/mol. The summed E-state index contributed by atoms with van der Waals surface area (Å²) >= 11 is -2.39. The molecule has 0 aliphatic heterocycles. The molecule has 7 nitrogen and oxygen atoms in total. The second-order valence-corrected chi connectivity index (χ2v) is 9.67. The third-order valence-corrected chi connectivity index (χ3v) is 6.78. The van der Waals surface area contributed by atoms with Crippen molar-refractivity contribution in [2.75, 3.05) is 25.5 Å². The molecule has 3 aromatic rings. The van der Waals surface area contributed by atoms with Gasteiger partial charge in [0, 0.05) is 26.9 Å². The number of anilines is 1. The summed E-state index contributed by atoms with van der Waals surface area (Å²) in [5, 5.41) is 0. The number of ether oxygens (including phenoxy) is 1. The monoisotopic (exact) mass is 508 g/mol. The minimum absolute atomic E-state index is 0.230. The van der Waals surface area contributed by atoms with Crippen LogP contribution in [0.4, 0.5) is 5.69 Å². The van der Waals surface area contributed by atoms with Gasteiger partial charge in [0.25, 0.3) is 11.3 Å². The van der Waals surface area contributed by atoms with Gasteiger partial charge in [0.15, 0.2) is 0 Å². The second kappa shape index (κ2) is 12.5. The van der Waals surface area contributed by atoms with Gasteiger partial charge in [-0.05, 0) is 47.7 Å². The summed E-state index contributed by atoms with van der Waals surface area (Å²) in [6.45, 7) is 1.93. The SMILES string of the molecule is COC(=O)CCc1ccc(-c2ccc(CC(C(=O)N(C)C)N(c3ccc(C)cc3)S(=O)O)cc2)cc1. The quantitative estimate of drug-likeness (QED) is 0.324. The normalized spacial score (nSPS) is 12.5. The van der Waals surface area contributed by atoms with Crippen LogP contribution in [0.25, 0.3) is 11.1 Å². The fourth-order valence-electron chi connectivity index (χ4n) is 3.91. The molecule has 3 rings (SSSR count). The molecule has 1 N–H and O–H groups in total. The Morgan fingerprint density at radius 1 is 0.889 bits per heavy atom. The molecule has 2 unspecified atom stereocenters. The first-order valence-electron chi connectivity index (χ1n) is 11.6. The molecule has 0 radical (unpaired) electrons. The van der Waals surface area contributed by atoms with E-state index < -0.39 is 17.3 Å². The van der Waals surface area contributed by atoms with Crippen molar-refractivity contribution in [1.29, 1.82) is 0 Å². The van der Waals surface area contributed by atoms with E-state index in [1.165, 1.54) is 16.3 Å². The molecule has 1 amide bonds. The number of carbonyl (C=O) groups excluding carboxylic acids is 2. The highest BCUT2D eigenvalue weighted by atomic mass is 32.2. The Hall–Kier alpha value is -3.49. The lowest BCUT2D eigenvalue weighted by Crippen LogP contribution is -2.48. The summed E-state index contributed by atoms with van der Waals surface area (Å²) in [6.07, 6.45) is 1.23. The zero-order chi connectivity index (χ0) is 26.2. The van der Waals surface area contributed by atoms with Crippen LogP contribution >= 0.6 is 0 Å². The third-order valence-electron chi connectivity index (χ3n) is 5.98. The lowest BCUT2D eigenvalue weighted by molar-refractivity contribution is -0.140. The number of esters is 1. The number of aryl methyl sites for hydroxylation is 2. The van der Waals surface area contributed by atoms with Crippen LogP contribution < -0.4 is 4.31 Å². The number of nitrogens with zero attached hydrogens (tertiary/aromatic N) is 2. The Labute approximate surface area is 215 Å². The summed E-state index contributed by atoms with van der Waals surface area (Å²) in [5.74, 6) is -0.490. The van der Waals surface area contributed by atoms with Crippen LogP contribution in [0.1, 0.15) is 23.1 Å². The summed E-state index contributed by atoms with van der Waals surface area (Å²) in [6, 6.07) is 22.2. The molecule has 8 heteroatoms. The van der Waals surface area contributed by atoms with E-state index in [2.05, 4.69) is 0 Å². The van der Waals surface area contributed by atoms with Gasteiger partial charge in [-0.15, -0.1) is 0 Å². The van der Waals surface area contributed by atoms with Gasteiger partial charge in [-0.3, -0.25) is 18.4 Å². The highest BCUT2D eigenvalue weighted by molar-refractivity contribution is 7.80. The van der Waals surface area contributed by atoms with Crippen molar-refractivity contribution < 1.29 is 23.1 Å². The van der Waals surface area contributed by atoms with E-state index >= 15 is 0 Å². The number of methoxy groups -OCH3 is 1. The Kier molecular flexibility index (Phi) is 9.38. The standard InChI is InChI=1S/C28H32N2O5S/c1-20-5-16-25(17-6-20)30(36(33)34)26(28(32)29(2)3)19-22-9-14-24(15-10-22)23-12-7-21(8-13-23)11-18-27(31)35-4/h5-10,12-17,26H,11,18-19H2,1-4H3,(H,33,34). The van der Waals surface area contributed by atoms with Crippen molar-refractivity contribution in [3.05, 3.63) is 89.5 Å². The minimum atomic E-state index is -2.39. The smallest absolute Gasteiger partial charge is 0.305 e. The summed E-state index contributed by atoms with van der Waals surface area (Å²) in [4.78, 5) is 25.9. The van der Waals surface area contributed by atoms with Crippen molar-refractivity contribution in [1.82, 2.24) is 4.90 Å². The molecule has 0 bridgehead atoms. The van der Waals surface area contributed by atoms with E-state index in [4.69, 9.17) is 4.74 Å². The van der Waals surface area contributed by atoms with Crippen molar-refractivity contribution >= 4 is 28.8 Å². The molecular formula is C28H32N2O5S. The summed E-state index contributed by atoms with van der Waals surface area (Å²) in [5.41, 5.74) is 5.49. The molecule has 0 fully saturated rings. The van der Waals surface area contributed by atoms with Gasteiger partial charge < -0.3 is 9.64 Å². The van der Waals surface area contributed by atoms with E-state index in [0.717, 1.165) is 27.8 Å². The maximum Gasteiger partial charge on any atom is 0.305 e. The average molecular weight is 509 g/mol. The Morgan fingerprint density at radius 2 is 1.42 bits per heavy atom. The molecule has 0 aliphatic carbocycles. The summed E-state index contributed by atoms with van der Waals surface area (Å²) in [7, 11) is 4.67. The minimum Gasteiger partial charge on any atom is -0.469 e. The number of rotatable bonds is 10. The molecule has 0 spiro atoms. The number of carbonyl (C=O) groups is 2. The van der Waals surface area contributed by atoms with Crippen molar-refractivity contribution in [2.24, 2.45) is 0 Å². The number of likely N-dealkylation sites (N-methyl/N-ethyl adjacent to an activating group) is 1. The zero-order valence-corrected chi connectivity index (χ0v) is 21.8. The zero-order valence-electron chi connectivity index (χ0n) is 21.0. The summed E-state index contributed by atoms with van der Waals surface area (Å²) < 4.78 is 28.4. The van der Waals surface area contributed by atoms with Gasteiger partial charge in [-0.2, -0.15) is 0 Å². The van der Waals surface area contributed by atoms with Crippen LogP contribution in [0.15, 0.2) is 72.8 Å². The first kappa shape index (κ1) is 27.1. The van der Waals surface area contributed by atoms with E-state index in [9.17, 15) is 18.4 Å². The van der Waals surface area contributed by atoms with Gasteiger partial charge in [-0.25, -0.2) is 4.21 Å². The average Bonchev–Trinajstić information content (AvgIpc) is 2.88. The molecule has 0 aromatic heterocycles. The van der Waals surface area contributed by atoms with Gasteiger partial charge >= 0.3 is 5.97 Å². The van der Waals surface area contributed by atoms with Gasteiger partial charge in [0.2, 0.25) is 5.91 Å². The number of hydrogen-bond acceptors (Lipinski definition) is 4. The van der Waals surface area contributed by atoms with Crippen molar-refractivity contribution in [3.63, 3.8) is 0 Å². The fourth-order valence-corrected chi connectivity index (χ4v) is 4.59. The molecule has 190 valence electrons. The highest BCUT2D eigenvalue weighted by Crippen LogP contribution is 2.25. The maximum atomic E-state index is 13.1. The van der Waals surface area contributed by atoms with Crippen LogP contribution in [0, 0.1) is 6.92 Å². The van der Waals surface area contributed by atoms with Gasteiger partial charge in [0.05, 0.1) is 12.8 Å². The molecular weight excluding hydrogens is 476 g/mol. The molecule has 2 atom stereocenters. The highest BCUT2D eigenvalue weighted by Gasteiger charge is 2.31. The first-order valence-corrected chi connectivity index (χ1v) is 12.7. The molecule has 36 heavy (non-hydrogen) atoms. The van der Waals surface area contributed by atoms with Crippen LogP contribution in [-0.2, 0) is 38.4 Å². The second-order valence-electron chi connectivity index (χ2n) is 8.81. The third kappa shape index (κ3) is 7.02. The number of benzene rings is 3.